The zero-order valence-electron chi connectivity index (χ0n) is 12.7. The third-order valence-electron chi connectivity index (χ3n) is 4.41. The first-order valence-corrected chi connectivity index (χ1v) is 7.34. The molecule has 0 bridgehead atoms. The quantitative estimate of drug-likeness (QED) is 0.493. The Morgan fingerprint density at radius 1 is 0.625 bits per heavy atom. The van der Waals surface area contributed by atoms with Crippen molar-refractivity contribution in [3.63, 3.8) is 0 Å². The Morgan fingerprint density at radius 3 is 1.56 bits per heavy atom. The summed E-state index contributed by atoms with van der Waals surface area (Å²) in [5, 5.41) is 0. The van der Waals surface area contributed by atoms with Crippen molar-refractivity contribution in [2.45, 2.75) is 74.1 Å². The highest BCUT2D eigenvalue weighted by molar-refractivity contribution is 4.64. The smallest absolute Gasteiger partial charge is 0.0417 e. The molecule has 0 aromatic carbocycles. The van der Waals surface area contributed by atoms with Gasteiger partial charge in [0.15, 0.2) is 0 Å². The maximum absolute atomic E-state index is 2.43. The lowest BCUT2D eigenvalue weighted by molar-refractivity contribution is 0.302. The van der Waals surface area contributed by atoms with Crippen LogP contribution >= 0.6 is 0 Å². The molecule has 0 radical (unpaired) electrons. The molecule has 0 heterocycles. The van der Waals surface area contributed by atoms with Crippen LogP contribution in [0.3, 0.4) is 0 Å². The maximum Gasteiger partial charge on any atom is -0.0417 e. The van der Waals surface area contributed by atoms with Gasteiger partial charge in [-0.25, -0.2) is 0 Å². The topological polar surface area (TPSA) is 0 Å². The Kier molecular flexibility index (Phi) is 8.14. The third kappa shape index (κ3) is 7.30. The lowest BCUT2D eigenvalue weighted by atomic mass is 9.85. The molecule has 0 N–H and O–H groups in total. The van der Waals surface area contributed by atoms with E-state index in [0.717, 1.165) is 29.6 Å². The molecule has 3 atom stereocenters. The van der Waals surface area contributed by atoms with Crippen molar-refractivity contribution in [1.29, 1.82) is 0 Å². The minimum Gasteiger partial charge on any atom is -0.0625 e. The highest BCUT2D eigenvalue weighted by Crippen LogP contribution is 2.25. The van der Waals surface area contributed by atoms with Gasteiger partial charge < -0.3 is 0 Å². The second-order valence-corrected chi connectivity index (χ2v) is 6.71. The average Bonchev–Trinajstić information content (AvgIpc) is 2.16. The second kappa shape index (κ2) is 8.14. The summed E-state index contributed by atoms with van der Waals surface area (Å²) in [6.45, 7) is 16.6. The van der Waals surface area contributed by atoms with Crippen LogP contribution in [0.25, 0.3) is 0 Å². The molecule has 0 spiro atoms. The van der Waals surface area contributed by atoms with Gasteiger partial charge in [0.05, 0.1) is 0 Å². The standard InChI is InChI=1S/C16H34/c1-12(2)15(6)10-8-9-14(5)11-16(7)13(3)4/h12-16H,8-11H2,1-7H3. The molecular weight excluding hydrogens is 192 g/mol. The first kappa shape index (κ1) is 16.0. The minimum atomic E-state index is 0.844. The summed E-state index contributed by atoms with van der Waals surface area (Å²) in [6.07, 6.45) is 5.67. The molecule has 0 saturated heterocycles. The van der Waals surface area contributed by atoms with Gasteiger partial charge in [-0.3, -0.25) is 0 Å². The summed E-state index contributed by atoms with van der Waals surface area (Å²) in [6, 6.07) is 0. The molecule has 0 amide bonds. The zero-order valence-corrected chi connectivity index (χ0v) is 12.7. The van der Waals surface area contributed by atoms with Gasteiger partial charge in [-0.1, -0.05) is 67.7 Å². The van der Waals surface area contributed by atoms with E-state index in [4.69, 9.17) is 0 Å². The largest absolute Gasteiger partial charge is 0.0625 e. The Hall–Kier alpha value is 0. The van der Waals surface area contributed by atoms with Crippen molar-refractivity contribution in [3.8, 4) is 0 Å². The Labute approximate surface area is 104 Å². The SMILES string of the molecule is CC(CCCC(C)C(C)C)CC(C)C(C)C. The van der Waals surface area contributed by atoms with Crippen molar-refractivity contribution in [2.75, 3.05) is 0 Å². The molecule has 0 saturated carbocycles. The van der Waals surface area contributed by atoms with E-state index in [-0.39, 0.29) is 0 Å². The van der Waals surface area contributed by atoms with E-state index in [1.165, 1.54) is 25.7 Å². The van der Waals surface area contributed by atoms with E-state index in [1.54, 1.807) is 0 Å². The molecule has 98 valence electrons. The summed E-state index contributed by atoms with van der Waals surface area (Å²) in [4.78, 5) is 0. The van der Waals surface area contributed by atoms with Crippen LogP contribution in [0.15, 0.2) is 0 Å². The zero-order chi connectivity index (χ0) is 12.7. The molecular formula is C16H34. The Balaban J connectivity index is 3.62. The summed E-state index contributed by atoms with van der Waals surface area (Å²) in [5.74, 6) is 4.39. The van der Waals surface area contributed by atoms with E-state index in [2.05, 4.69) is 48.5 Å². The van der Waals surface area contributed by atoms with Gasteiger partial charge in [0.25, 0.3) is 0 Å². The lowest BCUT2D eigenvalue weighted by Gasteiger charge is -2.21. The molecule has 0 aliphatic rings. The normalized spacial score (nSPS) is 17.8. The van der Waals surface area contributed by atoms with Gasteiger partial charge in [0.1, 0.15) is 0 Å². The Morgan fingerprint density at radius 2 is 1.12 bits per heavy atom. The predicted molar refractivity (Wildman–Crippen MR) is 75.6 cm³/mol. The molecule has 0 heteroatoms. The molecule has 0 rings (SSSR count). The fourth-order valence-corrected chi connectivity index (χ4v) is 2.15. The Bertz CT molecular complexity index is 157. The fraction of sp³-hybridized carbons (Fsp3) is 1.00. The summed E-state index contributed by atoms with van der Waals surface area (Å²) < 4.78 is 0. The predicted octanol–water partition coefficient (Wildman–Crippen LogP) is 5.77. The van der Waals surface area contributed by atoms with Gasteiger partial charge >= 0.3 is 0 Å². The average molecular weight is 226 g/mol. The molecule has 0 aliphatic heterocycles. The second-order valence-electron chi connectivity index (χ2n) is 6.71. The van der Waals surface area contributed by atoms with Crippen LogP contribution in [-0.2, 0) is 0 Å². The van der Waals surface area contributed by atoms with E-state index in [9.17, 15) is 0 Å². The van der Waals surface area contributed by atoms with Gasteiger partial charge in [0, 0.05) is 0 Å². The highest BCUT2D eigenvalue weighted by Gasteiger charge is 2.13. The first-order chi connectivity index (χ1) is 7.34. The van der Waals surface area contributed by atoms with Crippen LogP contribution in [0.4, 0.5) is 0 Å². The van der Waals surface area contributed by atoms with Crippen molar-refractivity contribution < 1.29 is 0 Å². The molecule has 0 aliphatic carbocycles. The molecule has 0 nitrogen and oxygen atoms in total. The van der Waals surface area contributed by atoms with Crippen molar-refractivity contribution in [1.82, 2.24) is 0 Å². The van der Waals surface area contributed by atoms with Gasteiger partial charge in [-0.05, 0) is 36.0 Å². The van der Waals surface area contributed by atoms with Gasteiger partial charge in [-0.2, -0.15) is 0 Å². The number of hydrogen-bond acceptors (Lipinski definition) is 0. The van der Waals surface area contributed by atoms with Crippen molar-refractivity contribution in [3.05, 3.63) is 0 Å². The van der Waals surface area contributed by atoms with Crippen LogP contribution in [0, 0.1) is 29.6 Å². The van der Waals surface area contributed by atoms with Crippen LogP contribution in [-0.4, -0.2) is 0 Å². The van der Waals surface area contributed by atoms with Crippen LogP contribution in [0.1, 0.15) is 74.1 Å². The number of hydrogen-bond donors (Lipinski definition) is 0. The van der Waals surface area contributed by atoms with Crippen molar-refractivity contribution >= 4 is 0 Å². The van der Waals surface area contributed by atoms with E-state index in [0.29, 0.717) is 0 Å². The molecule has 0 aromatic rings. The molecule has 0 fully saturated rings. The van der Waals surface area contributed by atoms with Crippen LogP contribution in [0.2, 0.25) is 0 Å². The van der Waals surface area contributed by atoms with E-state index >= 15 is 0 Å². The van der Waals surface area contributed by atoms with Crippen LogP contribution < -0.4 is 0 Å². The molecule has 16 heavy (non-hydrogen) atoms. The fourth-order valence-electron chi connectivity index (χ4n) is 2.15. The van der Waals surface area contributed by atoms with Crippen LogP contribution in [0.5, 0.6) is 0 Å². The van der Waals surface area contributed by atoms with Gasteiger partial charge in [-0.15, -0.1) is 0 Å². The summed E-state index contributed by atoms with van der Waals surface area (Å²) in [7, 11) is 0. The summed E-state index contributed by atoms with van der Waals surface area (Å²) >= 11 is 0. The monoisotopic (exact) mass is 226 g/mol. The van der Waals surface area contributed by atoms with E-state index in [1.807, 2.05) is 0 Å². The maximum atomic E-state index is 2.43. The van der Waals surface area contributed by atoms with Crippen molar-refractivity contribution in [2.24, 2.45) is 29.6 Å². The highest BCUT2D eigenvalue weighted by atomic mass is 14.2. The molecule has 3 unspecified atom stereocenters. The summed E-state index contributed by atoms with van der Waals surface area (Å²) in [5.41, 5.74) is 0. The minimum absolute atomic E-state index is 0.844. The van der Waals surface area contributed by atoms with E-state index < -0.39 is 0 Å². The molecule has 0 aromatic heterocycles. The first-order valence-electron chi connectivity index (χ1n) is 7.34. The number of rotatable bonds is 8. The van der Waals surface area contributed by atoms with Gasteiger partial charge in [0.2, 0.25) is 0 Å². The lowest BCUT2D eigenvalue weighted by Crippen LogP contribution is -2.10. The third-order valence-corrected chi connectivity index (χ3v) is 4.41.